The van der Waals surface area contributed by atoms with Crippen LogP contribution < -0.4 is 10.1 Å². The van der Waals surface area contributed by atoms with Crippen LogP contribution in [0, 0.1) is 0 Å². The van der Waals surface area contributed by atoms with Crippen molar-refractivity contribution in [3.05, 3.63) is 23.9 Å². The number of nitrogens with zero attached hydrogens (tertiary/aromatic N) is 1. The van der Waals surface area contributed by atoms with Gasteiger partial charge in [-0.25, -0.2) is 4.98 Å². The molecule has 0 bridgehead atoms. The molecule has 4 heteroatoms. The lowest BCUT2D eigenvalue weighted by molar-refractivity contribution is 0.397. The van der Waals surface area contributed by atoms with E-state index in [1.165, 1.54) is 5.56 Å². The molecule has 0 fully saturated rings. The van der Waals surface area contributed by atoms with Gasteiger partial charge in [-0.3, -0.25) is 0 Å². The fourth-order valence-corrected chi connectivity index (χ4v) is 1.23. The number of rotatable bonds is 6. The molecule has 1 aromatic rings. The van der Waals surface area contributed by atoms with E-state index in [0.717, 1.165) is 25.3 Å². The number of hydrogen-bond acceptors (Lipinski definition) is 4. The molecule has 1 aromatic heterocycles. The first-order valence-corrected chi connectivity index (χ1v) is 5.30. The van der Waals surface area contributed by atoms with Crippen LogP contribution in [0.4, 0.5) is 0 Å². The van der Waals surface area contributed by atoms with Crippen LogP contribution >= 0.6 is 12.6 Å². The summed E-state index contributed by atoms with van der Waals surface area (Å²) >= 11 is 4.14. The topological polar surface area (TPSA) is 34.1 Å². The monoisotopic (exact) mass is 212 g/mol. The number of thiol groups is 1. The first kappa shape index (κ1) is 11.3. The molecule has 0 saturated heterocycles. The molecule has 0 amide bonds. The molecule has 0 aliphatic carbocycles. The zero-order chi connectivity index (χ0) is 10.2. The van der Waals surface area contributed by atoms with Crippen molar-refractivity contribution in [1.29, 1.82) is 0 Å². The van der Waals surface area contributed by atoms with Crippen LogP contribution in [0.15, 0.2) is 18.3 Å². The van der Waals surface area contributed by atoms with Gasteiger partial charge in [0.25, 0.3) is 0 Å². The largest absolute Gasteiger partial charge is 0.481 e. The second-order valence-electron chi connectivity index (χ2n) is 2.96. The minimum Gasteiger partial charge on any atom is -0.481 e. The first-order chi connectivity index (χ1) is 6.86. The predicted octanol–water partition coefficient (Wildman–Crippen LogP) is 1.50. The van der Waals surface area contributed by atoms with Gasteiger partial charge >= 0.3 is 0 Å². The number of hydrogen-bond donors (Lipinski definition) is 2. The lowest BCUT2D eigenvalue weighted by Gasteiger charge is -2.04. The highest BCUT2D eigenvalue weighted by atomic mass is 32.1. The second kappa shape index (κ2) is 6.68. The van der Waals surface area contributed by atoms with Gasteiger partial charge in [0, 0.05) is 18.8 Å². The van der Waals surface area contributed by atoms with Crippen molar-refractivity contribution in [1.82, 2.24) is 10.3 Å². The maximum atomic E-state index is 4.97. The molecule has 0 aliphatic rings. The van der Waals surface area contributed by atoms with Crippen LogP contribution in [0.5, 0.6) is 5.88 Å². The van der Waals surface area contributed by atoms with Gasteiger partial charge in [0.15, 0.2) is 0 Å². The minimum absolute atomic E-state index is 0.657. The van der Waals surface area contributed by atoms with E-state index >= 15 is 0 Å². The molecule has 0 saturated carbocycles. The lowest BCUT2D eigenvalue weighted by atomic mass is 10.3. The molecule has 1 N–H and O–H groups in total. The maximum absolute atomic E-state index is 4.97. The third-order valence-corrected chi connectivity index (χ3v) is 2.16. The number of pyridine rings is 1. The number of ether oxygens (including phenoxy) is 1. The summed E-state index contributed by atoms with van der Waals surface area (Å²) in [5, 5.41) is 3.31. The SMILES string of the molecule is COc1ccc(CNCCCS)cn1. The molecule has 78 valence electrons. The smallest absolute Gasteiger partial charge is 0.212 e. The first-order valence-electron chi connectivity index (χ1n) is 4.67. The molecule has 1 heterocycles. The summed E-state index contributed by atoms with van der Waals surface area (Å²) in [5.74, 6) is 1.58. The minimum atomic E-state index is 0.657. The fraction of sp³-hybridized carbons (Fsp3) is 0.500. The molecule has 0 aromatic carbocycles. The molecule has 1 rings (SSSR count). The van der Waals surface area contributed by atoms with Crippen molar-refractivity contribution in [2.45, 2.75) is 13.0 Å². The maximum Gasteiger partial charge on any atom is 0.212 e. The summed E-state index contributed by atoms with van der Waals surface area (Å²) in [4.78, 5) is 4.12. The van der Waals surface area contributed by atoms with E-state index < -0.39 is 0 Å². The van der Waals surface area contributed by atoms with E-state index in [1.807, 2.05) is 18.3 Å². The standard InChI is InChI=1S/C10H16N2OS/c1-13-10-4-3-9(8-12-10)7-11-5-2-6-14/h3-4,8,11,14H,2,5-7H2,1H3. The summed E-state index contributed by atoms with van der Waals surface area (Å²) in [5.41, 5.74) is 1.17. The van der Waals surface area contributed by atoms with Crippen LogP contribution in [-0.4, -0.2) is 24.4 Å². The fourth-order valence-electron chi connectivity index (χ4n) is 1.07. The zero-order valence-corrected chi connectivity index (χ0v) is 9.26. The third kappa shape index (κ3) is 3.98. The summed E-state index contributed by atoms with van der Waals surface area (Å²) in [6, 6.07) is 3.88. The third-order valence-electron chi connectivity index (χ3n) is 1.85. The average Bonchev–Trinajstić information content (AvgIpc) is 2.25. The van der Waals surface area contributed by atoms with E-state index in [4.69, 9.17) is 4.74 Å². The molecule has 0 radical (unpaired) electrons. The van der Waals surface area contributed by atoms with E-state index in [9.17, 15) is 0 Å². The zero-order valence-electron chi connectivity index (χ0n) is 8.36. The number of aromatic nitrogens is 1. The van der Waals surface area contributed by atoms with E-state index in [2.05, 4.69) is 22.9 Å². The number of nitrogens with one attached hydrogen (secondary N) is 1. The normalized spacial score (nSPS) is 10.1. The Bertz CT molecular complexity index is 251. The van der Waals surface area contributed by atoms with Gasteiger partial charge < -0.3 is 10.1 Å². The van der Waals surface area contributed by atoms with Crippen molar-refractivity contribution >= 4 is 12.6 Å². The molecule has 14 heavy (non-hydrogen) atoms. The van der Waals surface area contributed by atoms with Gasteiger partial charge in [-0.1, -0.05) is 6.07 Å². The highest BCUT2D eigenvalue weighted by Crippen LogP contribution is 2.05. The van der Waals surface area contributed by atoms with Crippen LogP contribution in [0.2, 0.25) is 0 Å². The van der Waals surface area contributed by atoms with Gasteiger partial charge in [0.05, 0.1) is 7.11 Å². The van der Waals surface area contributed by atoms with Crippen molar-refractivity contribution < 1.29 is 4.74 Å². The van der Waals surface area contributed by atoms with Crippen LogP contribution in [-0.2, 0) is 6.54 Å². The van der Waals surface area contributed by atoms with Crippen LogP contribution in [0.25, 0.3) is 0 Å². The van der Waals surface area contributed by atoms with Gasteiger partial charge in [0.2, 0.25) is 5.88 Å². The van der Waals surface area contributed by atoms with Gasteiger partial charge in [-0.15, -0.1) is 0 Å². The van der Waals surface area contributed by atoms with Crippen LogP contribution in [0.1, 0.15) is 12.0 Å². The molecule has 0 spiro atoms. The van der Waals surface area contributed by atoms with Crippen molar-refractivity contribution in [3.8, 4) is 5.88 Å². The summed E-state index contributed by atoms with van der Waals surface area (Å²) < 4.78 is 4.97. The van der Waals surface area contributed by atoms with Gasteiger partial charge in [0.1, 0.15) is 0 Å². The van der Waals surface area contributed by atoms with E-state index in [-0.39, 0.29) is 0 Å². The Balaban J connectivity index is 2.29. The summed E-state index contributed by atoms with van der Waals surface area (Å²) in [7, 11) is 1.62. The molecule has 3 nitrogen and oxygen atoms in total. The van der Waals surface area contributed by atoms with E-state index in [0.29, 0.717) is 5.88 Å². The van der Waals surface area contributed by atoms with Gasteiger partial charge in [-0.2, -0.15) is 12.6 Å². The molecular weight excluding hydrogens is 196 g/mol. The van der Waals surface area contributed by atoms with Crippen molar-refractivity contribution in [2.24, 2.45) is 0 Å². The number of methoxy groups -OCH3 is 1. The Hall–Kier alpha value is -0.740. The Morgan fingerprint density at radius 1 is 1.50 bits per heavy atom. The van der Waals surface area contributed by atoms with Crippen LogP contribution in [0.3, 0.4) is 0 Å². The lowest BCUT2D eigenvalue weighted by Crippen LogP contribution is -2.15. The van der Waals surface area contributed by atoms with Crippen molar-refractivity contribution in [2.75, 3.05) is 19.4 Å². The highest BCUT2D eigenvalue weighted by molar-refractivity contribution is 7.80. The predicted molar refractivity (Wildman–Crippen MR) is 61.0 cm³/mol. The highest BCUT2D eigenvalue weighted by Gasteiger charge is 1.94. The average molecular weight is 212 g/mol. The summed E-state index contributed by atoms with van der Waals surface area (Å²) in [6.45, 7) is 1.85. The Morgan fingerprint density at radius 2 is 2.36 bits per heavy atom. The summed E-state index contributed by atoms with van der Waals surface area (Å²) in [6.07, 6.45) is 2.92. The second-order valence-corrected chi connectivity index (χ2v) is 3.41. The van der Waals surface area contributed by atoms with E-state index in [1.54, 1.807) is 7.11 Å². The molecule has 0 unspecified atom stereocenters. The Labute approximate surface area is 90.3 Å². The Kier molecular flexibility index (Phi) is 5.40. The molecule has 0 atom stereocenters. The quantitative estimate of drug-likeness (QED) is 0.554. The van der Waals surface area contributed by atoms with Gasteiger partial charge in [-0.05, 0) is 24.3 Å². The molecule has 0 aliphatic heterocycles. The Morgan fingerprint density at radius 3 is 2.93 bits per heavy atom. The molecular formula is C10H16N2OS. The van der Waals surface area contributed by atoms with Crippen molar-refractivity contribution in [3.63, 3.8) is 0 Å².